The molecule has 162 valence electrons. The van der Waals surface area contributed by atoms with Gasteiger partial charge in [0.05, 0.1) is 12.7 Å². The van der Waals surface area contributed by atoms with Gasteiger partial charge in [-0.2, -0.15) is 0 Å². The molecule has 0 saturated carbocycles. The van der Waals surface area contributed by atoms with E-state index in [1.165, 1.54) is 0 Å². The van der Waals surface area contributed by atoms with Crippen molar-refractivity contribution in [3.05, 3.63) is 35.5 Å². The second-order valence-electron chi connectivity index (χ2n) is 8.06. The molecule has 0 radical (unpaired) electrons. The van der Waals surface area contributed by atoms with Crippen LogP contribution in [0.3, 0.4) is 0 Å². The second-order valence-corrected chi connectivity index (χ2v) is 8.06. The second kappa shape index (κ2) is 9.07. The van der Waals surface area contributed by atoms with Crippen molar-refractivity contribution < 1.29 is 39.4 Å². The Morgan fingerprint density at radius 2 is 1.93 bits per heavy atom. The molecule has 3 aliphatic rings. The quantitative estimate of drug-likeness (QED) is 0.298. The first-order chi connectivity index (χ1) is 13.7. The van der Waals surface area contributed by atoms with Crippen molar-refractivity contribution in [1.29, 1.82) is 0 Å². The molecule has 1 unspecified atom stereocenters. The molecule has 8 atom stereocenters. The topological polar surface area (TPSA) is 126 Å². The van der Waals surface area contributed by atoms with Crippen LogP contribution in [-0.2, 0) is 19.0 Å². The maximum absolute atomic E-state index is 12.0. The van der Waals surface area contributed by atoms with Crippen LogP contribution < -0.4 is 0 Å². The SMILES string of the molecule is C=C1C(=O)O[C@@H]2/C=C(\C)[C@@H](OC3O[C@H](CO)[C@@H](O)[C@H](O)[C@H]3O)C/C=C(\C)CC[C@@H]12. The fourth-order valence-electron chi connectivity index (χ4n) is 3.97. The summed E-state index contributed by atoms with van der Waals surface area (Å²) in [4.78, 5) is 12.0. The zero-order valence-electron chi connectivity index (χ0n) is 16.7. The van der Waals surface area contributed by atoms with Gasteiger partial charge in [0.25, 0.3) is 0 Å². The lowest BCUT2D eigenvalue weighted by atomic mass is 9.87. The number of aliphatic hydroxyl groups excluding tert-OH is 4. The molecule has 2 saturated heterocycles. The highest BCUT2D eigenvalue weighted by atomic mass is 16.7. The normalized spacial score (nSPS) is 44.9. The monoisotopic (exact) mass is 410 g/mol. The number of rotatable bonds is 3. The Labute approximate surface area is 170 Å². The Hall–Kier alpha value is -1.55. The summed E-state index contributed by atoms with van der Waals surface area (Å²) >= 11 is 0. The number of aliphatic hydroxyl groups is 4. The minimum Gasteiger partial charge on any atom is -0.454 e. The predicted molar refractivity (Wildman–Crippen MR) is 103 cm³/mol. The van der Waals surface area contributed by atoms with Crippen LogP contribution in [-0.4, -0.2) is 75.9 Å². The van der Waals surface area contributed by atoms with E-state index < -0.39 is 55.5 Å². The van der Waals surface area contributed by atoms with E-state index >= 15 is 0 Å². The number of hydrogen-bond acceptors (Lipinski definition) is 8. The highest BCUT2D eigenvalue weighted by Gasteiger charge is 2.45. The zero-order chi connectivity index (χ0) is 21.3. The molecule has 0 bridgehead atoms. The molecule has 0 amide bonds. The van der Waals surface area contributed by atoms with Crippen LogP contribution in [0, 0.1) is 5.92 Å². The van der Waals surface area contributed by atoms with Gasteiger partial charge >= 0.3 is 5.97 Å². The van der Waals surface area contributed by atoms with Crippen molar-refractivity contribution in [2.24, 2.45) is 5.92 Å². The van der Waals surface area contributed by atoms with Crippen LogP contribution in [0.5, 0.6) is 0 Å². The lowest BCUT2D eigenvalue weighted by molar-refractivity contribution is -0.308. The van der Waals surface area contributed by atoms with Crippen molar-refractivity contribution in [2.45, 2.75) is 76.0 Å². The third kappa shape index (κ3) is 4.63. The van der Waals surface area contributed by atoms with Crippen LogP contribution >= 0.6 is 0 Å². The fourth-order valence-corrected chi connectivity index (χ4v) is 3.97. The Balaban J connectivity index is 1.83. The summed E-state index contributed by atoms with van der Waals surface area (Å²) in [5.41, 5.74) is 2.39. The lowest BCUT2D eigenvalue weighted by Gasteiger charge is -2.41. The van der Waals surface area contributed by atoms with E-state index in [0.717, 1.165) is 24.0 Å². The number of fused-ring (bicyclic) bond motifs is 1. The number of carbonyl (C=O) groups is 1. The van der Waals surface area contributed by atoms with E-state index in [1.807, 2.05) is 26.0 Å². The van der Waals surface area contributed by atoms with Gasteiger partial charge in [-0.1, -0.05) is 18.2 Å². The van der Waals surface area contributed by atoms with Crippen LogP contribution in [0.15, 0.2) is 35.5 Å². The minimum absolute atomic E-state index is 0.105. The smallest absolute Gasteiger partial charge is 0.334 e. The minimum atomic E-state index is -1.50. The van der Waals surface area contributed by atoms with E-state index in [0.29, 0.717) is 12.0 Å². The molecule has 1 aliphatic carbocycles. The van der Waals surface area contributed by atoms with Gasteiger partial charge in [0.1, 0.15) is 30.5 Å². The average Bonchev–Trinajstić information content (AvgIpc) is 2.95. The molecule has 0 spiro atoms. The van der Waals surface area contributed by atoms with Gasteiger partial charge in [-0.05, 0) is 44.8 Å². The molecule has 8 nitrogen and oxygen atoms in total. The highest BCUT2D eigenvalue weighted by Crippen LogP contribution is 2.35. The standard InChI is InChI=1S/C21H30O8/c1-10-4-6-13-12(3)20(26)27-15(13)8-11(2)14(7-5-10)28-21-19(25)18(24)17(23)16(9-22)29-21/h5,8,13-19,21-25H,3-4,6-7,9H2,1-2H3/b10-5+,11-8+/t13-,14-,15+,16+,17+,18-,19+,21?/m0/s1. The molecule has 4 N–H and O–H groups in total. The van der Waals surface area contributed by atoms with E-state index in [4.69, 9.17) is 14.2 Å². The summed E-state index contributed by atoms with van der Waals surface area (Å²) < 4.78 is 16.9. The third-order valence-electron chi connectivity index (χ3n) is 5.96. The predicted octanol–water partition coefficient (Wildman–Crippen LogP) is 0.346. The molecule has 0 aromatic heterocycles. The van der Waals surface area contributed by atoms with Crippen LogP contribution in [0.4, 0.5) is 0 Å². The van der Waals surface area contributed by atoms with E-state index in [9.17, 15) is 25.2 Å². The molecule has 2 fully saturated rings. The van der Waals surface area contributed by atoms with Gasteiger partial charge in [-0.15, -0.1) is 0 Å². The van der Waals surface area contributed by atoms with E-state index in [1.54, 1.807) is 0 Å². The maximum atomic E-state index is 12.0. The van der Waals surface area contributed by atoms with Gasteiger partial charge in [-0.3, -0.25) is 0 Å². The molecule has 2 heterocycles. The number of esters is 1. The summed E-state index contributed by atoms with van der Waals surface area (Å²) in [7, 11) is 0. The highest BCUT2D eigenvalue weighted by molar-refractivity contribution is 5.91. The molecule has 0 aromatic carbocycles. The third-order valence-corrected chi connectivity index (χ3v) is 5.96. The molecular formula is C21H30O8. The summed E-state index contributed by atoms with van der Waals surface area (Å²) in [6.45, 7) is 7.19. The molecular weight excluding hydrogens is 380 g/mol. The van der Waals surface area contributed by atoms with E-state index in [-0.39, 0.29) is 5.92 Å². The van der Waals surface area contributed by atoms with Crippen LogP contribution in [0.25, 0.3) is 0 Å². The van der Waals surface area contributed by atoms with Gasteiger partial charge in [-0.25, -0.2) is 4.79 Å². The van der Waals surface area contributed by atoms with Crippen molar-refractivity contribution in [1.82, 2.24) is 0 Å². The van der Waals surface area contributed by atoms with Gasteiger partial charge < -0.3 is 34.6 Å². The molecule has 3 rings (SSSR count). The van der Waals surface area contributed by atoms with Gasteiger partial charge in [0.2, 0.25) is 0 Å². The zero-order valence-corrected chi connectivity index (χ0v) is 16.7. The molecule has 2 aliphatic heterocycles. The van der Waals surface area contributed by atoms with E-state index in [2.05, 4.69) is 6.58 Å². The average molecular weight is 410 g/mol. The van der Waals surface area contributed by atoms with Crippen molar-refractivity contribution in [2.75, 3.05) is 6.61 Å². The molecule has 29 heavy (non-hydrogen) atoms. The lowest BCUT2D eigenvalue weighted by Crippen LogP contribution is -2.59. The van der Waals surface area contributed by atoms with Crippen molar-refractivity contribution >= 4 is 5.97 Å². The first-order valence-electron chi connectivity index (χ1n) is 9.92. The van der Waals surface area contributed by atoms with Crippen LogP contribution in [0.2, 0.25) is 0 Å². The maximum Gasteiger partial charge on any atom is 0.334 e. The largest absolute Gasteiger partial charge is 0.454 e. The van der Waals surface area contributed by atoms with Gasteiger partial charge in [0.15, 0.2) is 6.29 Å². The first-order valence-corrected chi connectivity index (χ1v) is 9.92. The number of carbonyl (C=O) groups excluding carboxylic acids is 1. The Bertz CT molecular complexity index is 697. The van der Waals surface area contributed by atoms with Crippen molar-refractivity contribution in [3.63, 3.8) is 0 Å². The Morgan fingerprint density at radius 1 is 1.21 bits per heavy atom. The molecule has 8 heteroatoms. The number of allylic oxidation sites excluding steroid dienone is 1. The number of ether oxygens (including phenoxy) is 3. The van der Waals surface area contributed by atoms with Gasteiger partial charge in [0, 0.05) is 11.5 Å². The number of hydrogen-bond donors (Lipinski definition) is 4. The Kier molecular flexibility index (Phi) is 6.93. The summed E-state index contributed by atoms with van der Waals surface area (Å²) in [6.07, 6.45) is -1.71. The first kappa shape index (κ1) is 22.1. The van der Waals surface area contributed by atoms with Crippen LogP contribution in [0.1, 0.15) is 33.1 Å². The molecule has 0 aromatic rings. The summed E-state index contributed by atoms with van der Waals surface area (Å²) in [5, 5.41) is 39.6. The van der Waals surface area contributed by atoms with Crippen molar-refractivity contribution in [3.8, 4) is 0 Å². The fraction of sp³-hybridized carbons (Fsp3) is 0.667. The summed E-state index contributed by atoms with van der Waals surface area (Å²) in [6, 6.07) is 0. The Morgan fingerprint density at radius 3 is 2.62 bits per heavy atom. The summed E-state index contributed by atoms with van der Waals surface area (Å²) in [5.74, 6) is -0.497.